The minimum absolute atomic E-state index is 0.0899. The van der Waals surface area contributed by atoms with Gasteiger partial charge in [-0.15, -0.1) is 0 Å². The molecule has 0 spiro atoms. The second-order valence-electron chi connectivity index (χ2n) is 9.49. The molecule has 0 aliphatic rings. The first-order chi connectivity index (χ1) is 12.9. The Kier molecular flexibility index (Phi) is 8.52. The molecule has 0 aliphatic heterocycles. The van der Waals surface area contributed by atoms with Crippen molar-refractivity contribution in [1.29, 1.82) is 0 Å². The van der Waals surface area contributed by atoms with Crippen LogP contribution in [-0.2, 0) is 22.6 Å². The highest BCUT2D eigenvalue weighted by molar-refractivity contribution is 5.81. The van der Waals surface area contributed by atoms with Crippen LogP contribution in [0.2, 0.25) is 0 Å². The second-order valence-corrected chi connectivity index (χ2v) is 9.49. The van der Waals surface area contributed by atoms with E-state index in [1.165, 1.54) is 10.5 Å². The minimum atomic E-state index is -0.382. The quantitative estimate of drug-likeness (QED) is 0.644. The highest BCUT2D eigenvalue weighted by Crippen LogP contribution is 2.22. The molecule has 2 amide bonds. The van der Waals surface area contributed by atoms with E-state index in [0.717, 1.165) is 18.4 Å². The third kappa shape index (κ3) is 7.91. The van der Waals surface area contributed by atoms with E-state index in [0.29, 0.717) is 13.1 Å². The first-order valence-corrected chi connectivity index (χ1v) is 10.1. The Bertz CT molecular complexity index is 645. The van der Waals surface area contributed by atoms with E-state index >= 15 is 0 Å². The molecule has 0 aromatic heterocycles. The van der Waals surface area contributed by atoms with Gasteiger partial charge in [0.1, 0.15) is 6.61 Å². The number of hydrogen-bond acceptors (Lipinski definition) is 3. The van der Waals surface area contributed by atoms with Gasteiger partial charge in [0.25, 0.3) is 0 Å². The van der Waals surface area contributed by atoms with Crippen LogP contribution >= 0.6 is 0 Å². The summed E-state index contributed by atoms with van der Waals surface area (Å²) in [6.07, 6.45) is 1.41. The summed E-state index contributed by atoms with van der Waals surface area (Å²) in [5, 5.41) is 0. The molecule has 0 atom stereocenters. The van der Waals surface area contributed by atoms with Gasteiger partial charge in [-0.3, -0.25) is 4.79 Å². The number of carbonyl (C=O) groups is 2. The molecule has 0 fully saturated rings. The van der Waals surface area contributed by atoms with E-state index in [1.54, 1.807) is 19.0 Å². The van der Waals surface area contributed by atoms with E-state index in [2.05, 4.69) is 32.9 Å². The lowest BCUT2D eigenvalue weighted by atomic mass is 9.88. The molecule has 0 unspecified atom stereocenters. The number of amides is 2. The summed E-state index contributed by atoms with van der Waals surface area (Å²) in [7, 11) is 3.47. The van der Waals surface area contributed by atoms with Crippen LogP contribution in [0.5, 0.6) is 0 Å². The van der Waals surface area contributed by atoms with Crippen LogP contribution in [0.1, 0.15) is 59.1 Å². The zero-order chi connectivity index (χ0) is 21.5. The lowest BCUT2D eigenvalue weighted by Gasteiger charge is -2.29. The third-order valence-corrected chi connectivity index (χ3v) is 5.01. The van der Waals surface area contributed by atoms with E-state index in [1.807, 2.05) is 32.9 Å². The number of ether oxygens (including phenoxy) is 1. The summed E-state index contributed by atoms with van der Waals surface area (Å²) in [6.45, 7) is 13.7. The minimum Gasteiger partial charge on any atom is -0.445 e. The fourth-order valence-electron chi connectivity index (χ4n) is 2.78. The smallest absolute Gasteiger partial charge is 0.409 e. The second kappa shape index (κ2) is 9.94. The summed E-state index contributed by atoms with van der Waals surface area (Å²) in [5.41, 5.74) is 2.11. The molecule has 5 nitrogen and oxygen atoms in total. The highest BCUT2D eigenvalue weighted by Gasteiger charge is 2.28. The first-order valence-electron chi connectivity index (χ1n) is 10.1. The molecule has 0 aliphatic carbocycles. The molecular weight excluding hydrogens is 352 g/mol. The van der Waals surface area contributed by atoms with Crippen LogP contribution < -0.4 is 0 Å². The number of likely N-dealkylation sites (N-methyl/N-ethyl adjacent to an activating group) is 2. The SMILES string of the molecule is CCC(C)(C)C(=O)N(C)CCN(C)C(=O)OCc1ccc(CC(C)(C)C)cc1. The van der Waals surface area contributed by atoms with Gasteiger partial charge >= 0.3 is 6.09 Å². The van der Waals surface area contributed by atoms with Crippen LogP contribution in [-0.4, -0.2) is 49.0 Å². The van der Waals surface area contributed by atoms with Crippen molar-refractivity contribution in [3.8, 4) is 0 Å². The van der Waals surface area contributed by atoms with Crippen LogP contribution in [0.25, 0.3) is 0 Å². The summed E-state index contributed by atoms with van der Waals surface area (Å²) < 4.78 is 5.40. The maximum atomic E-state index is 12.4. The molecule has 1 rings (SSSR count). The Morgan fingerprint density at radius 3 is 1.89 bits per heavy atom. The number of benzene rings is 1. The average molecular weight is 391 g/mol. The zero-order valence-electron chi connectivity index (χ0n) is 19.0. The van der Waals surface area contributed by atoms with Crippen LogP contribution in [0.15, 0.2) is 24.3 Å². The molecule has 0 radical (unpaired) electrons. The van der Waals surface area contributed by atoms with Gasteiger partial charge in [0, 0.05) is 32.6 Å². The fraction of sp³-hybridized carbons (Fsp3) is 0.652. The lowest BCUT2D eigenvalue weighted by Crippen LogP contribution is -2.42. The molecule has 0 saturated heterocycles. The topological polar surface area (TPSA) is 49.9 Å². The van der Waals surface area contributed by atoms with Crippen molar-refractivity contribution in [2.45, 2.75) is 61.0 Å². The van der Waals surface area contributed by atoms with Crippen LogP contribution in [0.3, 0.4) is 0 Å². The van der Waals surface area contributed by atoms with Crippen molar-refractivity contribution in [2.75, 3.05) is 27.2 Å². The molecule has 1 aromatic rings. The summed E-state index contributed by atoms with van der Waals surface area (Å²) in [5.74, 6) is 0.0899. The Hall–Kier alpha value is -2.04. The van der Waals surface area contributed by atoms with Crippen molar-refractivity contribution in [1.82, 2.24) is 9.80 Å². The summed E-state index contributed by atoms with van der Waals surface area (Å²) in [6, 6.07) is 8.20. The fourth-order valence-corrected chi connectivity index (χ4v) is 2.78. The first kappa shape index (κ1) is 24.0. The van der Waals surface area contributed by atoms with Gasteiger partial charge in [-0.05, 0) is 29.4 Å². The molecule has 0 saturated carbocycles. The van der Waals surface area contributed by atoms with Gasteiger partial charge < -0.3 is 14.5 Å². The maximum Gasteiger partial charge on any atom is 0.409 e. The van der Waals surface area contributed by atoms with Gasteiger partial charge in [-0.25, -0.2) is 4.79 Å². The monoisotopic (exact) mass is 390 g/mol. The van der Waals surface area contributed by atoms with Crippen molar-refractivity contribution < 1.29 is 14.3 Å². The maximum absolute atomic E-state index is 12.4. The van der Waals surface area contributed by atoms with Gasteiger partial charge in [0.15, 0.2) is 0 Å². The van der Waals surface area contributed by atoms with Crippen molar-refractivity contribution in [2.24, 2.45) is 10.8 Å². The van der Waals surface area contributed by atoms with E-state index in [-0.39, 0.29) is 29.4 Å². The summed E-state index contributed by atoms with van der Waals surface area (Å²) in [4.78, 5) is 27.8. The Morgan fingerprint density at radius 1 is 0.893 bits per heavy atom. The predicted octanol–water partition coefficient (Wildman–Crippen LogP) is 4.74. The molecule has 0 heterocycles. The van der Waals surface area contributed by atoms with Gasteiger partial charge in [-0.1, -0.05) is 65.8 Å². The van der Waals surface area contributed by atoms with Gasteiger partial charge in [0.05, 0.1) is 0 Å². The molecular formula is C23H38N2O3. The molecule has 5 heteroatoms. The van der Waals surface area contributed by atoms with Crippen molar-refractivity contribution in [3.05, 3.63) is 35.4 Å². The van der Waals surface area contributed by atoms with E-state index in [9.17, 15) is 9.59 Å². The van der Waals surface area contributed by atoms with Crippen molar-refractivity contribution >= 4 is 12.0 Å². The predicted molar refractivity (Wildman–Crippen MR) is 114 cm³/mol. The largest absolute Gasteiger partial charge is 0.445 e. The number of nitrogens with zero attached hydrogens (tertiary/aromatic N) is 2. The zero-order valence-corrected chi connectivity index (χ0v) is 19.0. The van der Waals surface area contributed by atoms with E-state index < -0.39 is 0 Å². The molecule has 0 N–H and O–H groups in total. The number of rotatable bonds is 8. The number of hydrogen-bond donors (Lipinski definition) is 0. The average Bonchev–Trinajstić information content (AvgIpc) is 2.62. The molecule has 28 heavy (non-hydrogen) atoms. The molecule has 0 bridgehead atoms. The normalized spacial score (nSPS) is 11.9. The molecule has 158 valence electrons. The Balaban J connectivity index is 2.45. The highest BCUT2D eigenvalue weighted by atomic mass is 16.6. The van der Waals surface area contributed by atoms with Gasteiger partial charge in [0.2, 0.25) is 5.91 Å². The lowest BCUT2D eigenvalue weighted by molar-refractivity contribution is -0.139. The summed E-state index contributed by atoms with van der Waals surface area (Å²) >= 11 is 0. The number of carbonyl (C=O) groups excluding carboxylic acids is 2. The van der Waals surface area contributed by atoms with E-state index in [4.69, 9.17) is 4.74 Å². The van der Waals surface area contributed by atoms with Crippen molar-refractivity contribution in [3.63, 3.8) is 0 Å². The standard InChI is InChI=1S/C23H38N2O3/c1-9-23(5,6)20(26)24(7)14-15-25(8)21(27)28-17-19-12-10-18(11-13-19)16-22(2,3)4/h10-13H,9,14-17H2,1-8H3. The Labute approximate surface area is 171 Å². The van der Waals surface area contributed by atoms with Gasteiger partial charge in [-0.2, -0.15) is 0 Å². The Morgan fingerprint density at radius 2 is 1.39 bits per heavy atom. The third-order valence-electron chi connectivity index (χ3n) is 5.01. The van der Waals surface area contributed by atoms with Crippen LogP contribution in [0.4, 0.5) is 4.79 Å². The molecule has 1 aromatic carbocycles. The van der Waals surface area contributed by atoms with Crippen LogP contribution in [0, 0.1) is 10.8 Å².